The normalized spacial score (nSPS) is 16.4. The molecule has 0 radical (unpaired) electrons. The molecular formula is C11H20O5. The highest BCUT2D eigenvalue weighted by Crippen LogP contribution is 2.24. The van der Waals surface area contributed by atoms with Gasteiger partial charge >= 0.3 is 11.9 Å². The summed E-state index contributed by atoms with van der Waals surface area (Å²) in [5, 5.41) is 27.2. The van der Waals surface area contributed by atoms with E-state index in [-0.39, 0.29) is 6.42 Å². The first kappa shape index (κ1) is 14.9. The van der Waals surface area contributed by atoms with Crippen LogP contribution in [-0.4, -0.2) is 32.9 Å². The fourth-order valence-electron chi connectivity index (χ4n) is 1.57. The average Bonchev–Trinajstić information content (AvgIpc) is 2.16. The first-order chi connectivity index (χ1) is 7.34. The van der Waals surface area contributed by atoms with Crippen LogP contribution in [0, 0.1) is 5.92 Å². The number of rotatable bonds is 8. The zero-order valence-corrected chi connectivity index (χ0v) is 9.77. The van der Waals surface area contributed by atoms with Crippen molar-refractivity contribution in [2.45, 2.75) is 51.6 Å². The van der Waals surface area contributed by atoms with Crippen LogP contribution < -0.4 is 0 Å². The van der Waals surface area contributed by atoms with Gasteiger partial charge in [0, 0.05) is 0 Å². The number of aliphatic carboxylic acids is 2. The minimum Gasteiger partial charge on any atom is -0.481 e. The smallest absolute Gasteiger partial charge is 0.336 e. The molecule has 16 heavy (non-hydrogen) atoms. The second-order valence-corrected chi connectivity index (χ2v) is 4.19. The Kier molecular flexibility index (Phi) is 6.03. The summed E-state index contributed by atoms with van der Waals surface area (Å²) >= 11 is 0. The first-order valence-corrected chi connectivity index (χ1v) is 5.52. The lowest BCUT2D eigenvalue weighted by Crippen LogP contribution is -2.46. The van der Waals surface area contributed by atoms with E-state index < -0.39 is 23.5 Å². The van der Waals surface area contributed by atoms with Crippen LogP contribution in [0.3, 0.4) is 0 Å². The second-order valence-electron chi connectivity index (χ2n) is 4.19. The van der Waals surface area contributed by atoms with Gasteiger partial charge in [-0.05, 0) is 13.3 Å². The molecule has 5 heteroatoms. The summed E-state index contributed by atoms with van der Waals surface area (Å²) in [5.41, 5.74) is -2.20. The maximum absolute atomic E-state index is 10.9. The molecule has 0 aliphatic heterocycles. The number of carboxylic acid groups (broad SMARTS) is 2. The van der Waals surface area contributed by atoms with Gasteiger partial charge in [-0.2, -0.15) is 0 Å². The minimum atomic E-state index is -2.20. The molecule has 0 heterocycles. The second kappa shape index (κ2) is 6.48. The summed E-state index contributed by atoms with van der Waals surface area (Å²) in [7, 11) is 0. The van der Waals surface area contributed by atoms with Crippen LogP contribution in [0.15, 0.2) is 0 Å². The summed E-state index contributed by atoms with van der Waals surface area (Å²) in [6, 6.07) is 0. The van der Waals surface area contributed by atoms with E-state index in [2.05, 4.69) is 0 Å². The lowest BCUT2D eigenvalue weighted by molar-refractivity contribution is -0.172. The maximum Gasteiger partial charge on any atom is 0.336 e. The molecule has 0 spiro atoms. The molecule has 0 saturated heterocycles. The Balaban J connectivity index is 4.39. The number of unbranched alkanes of at least 4 members (excludes halogenated alkanes) is 3. The van der Waals surface area contributed by atoms with Crippen LogP contribution >= 0.6 is 0 Å². The molecular weight excluding hydrogens is 212 g/mol. The minimum absolute atomic E-state index is 0.189. The summed E-state index contributed by atoms with van der Waals surface area (Å²) in [5.74, 6) is -4.00. The van der Waals surface area contributed by atoms with E-state index in [9.17, 15) is 14.7 Å². The van der Waals surface area contributed by atoms with E-state index in [1.165, 1.54) is 0 Å². The van der Waals surface area contributed by atoms with Crippen LogP contribution in [0.2, 0.25) is 0 Å². The van der Waals surface area contributed by atoms with Crippen molar-refractivity contribution in [3.63, 3.8) is 0 Å². The van der Waals surface area contributed by atoms with E-state index in [1.807, 2.05) is 6.92 Å². The van der Waals surface area contributed by atoms with Crippen LogP contribution in [0.1, 0.15) is 46.0 Å². The van der Waals surface area contributed by atoms with Crippen molar-refractivity contribution < 1.29 is 24.9 Å². The zero-order chi connectivity index (χ0) is 12.8. The molecule has 94 valence electrons. The molecule has 0 amide bonds. The van der Waals surface area contributed by atoms with Crippen molar-refractivity contribution in [3.05, 3.63) is 0 Å². The molecule has 0 aromatic heterocycles. The van der Waals surface area contributed by atoms with Gasteiger partial charge in [-0.3, -0.25) is 4.79 Å². The predicted octanol–water partition coefficient (Wildman–Crippen LogP) is 1.49. The van der Waals surface area contributed by atoms with Gasteiger partial charge in [-0.1, -0.05) is 32.6 Å². The number of hydrogen-bond donors (Lipinski definition) is 3. The number of carbonyl (C=O) groups is 2. The molecule has 5 nitrogen and oxygen atoms in total. The van der Waals surface area contributed by atoms with Crippen molar-refractivity contribution in [2.24, 2.45) is 5.92 Å². The fourth-order valence-corrected chi connectivity index (χ4v) is 1.57. The summed E-state index contributed by atoms with van der Waals surface area (Å²) in [6.45, 7) is 3.07. The lowest BCUT2D eigenvalue weighted by atomic mass is 9.85. The third-order valence-corrected chi connectivity index (χ3v) is 2.76. The van der Waals surface area contributed by atoms with Crippen molar-refractivity contribution in [1.82, 2.24) is 0 Å². The standard InChI is InChI=1S/C11H20O5/c1-3-4-5-6-7-8(9(12)13)11(2,16)10(14)15/h8,16H,3-7H2,1-2H3,(H,12,13)(H,14,15). The predicted molar refractivity (Wildman–Crippen MR) is 58.1 cm³/mol. The van der Waals surface area contributed by atoms with Gasteiger partial charge in [0.2, 0.25) is 0 Å². The zero-order valence-electron chi connectivity index (χ0n) is 9.77. The van der Waals surface area contributed by atoms with Gasteiger partial charge in [0.1, 0.15) is 0 Å². The molecule has 2 unspecified atom stereocenters. The Morgan fingerprint density at radius 1 is 1.19 bits per heavy atom. The maximum atomic E-state index is 10.9. The number of hydrogen-bond acceptors (Lipinski definition) is 3. The molecule has 0 saturated carbocycles. The van der Waals surface area contributed by atoms with E-state index in [0.29, 0.717) is 6.42 Å². The van der Waals surface area contributed by atoms with Gasteiger partial charge in [-0.15, -0.1) is 0 Å². The number of carboxylic acids is 2. The van der Waals surface area contributed by atoms with E-state index in [4.69, 9.17) is 10.2 Å². The Bertz CT molecular complexity index is 247. The molecule has 0 aromatic carbocycles. The third-order valence-electron chi connectivity index (χ3n) is 2.76. The Hall–Kier alpha value is -1.10. The van der Waals surface area contributed by atoms with Crippen LogP contribution in [0.25, 0.3) is 0 Å². The monoisotopic (exact) mass is 232 g/mol. The van der Waals surface area contributed by atoms with E-state index in [0.717, 1.165) is 26.2 Å². The lowest BCUT2D eigenvalue weighted by Gasteiger charge is -2.25. The molecule has 0 aromatic rings. The molecule has 0 fully saturated rings. The molecule has 3 N–H and O–H groups in total. The Labute approximate surface area is 95.1 Å². The molecule has 0 aliphatic carbocycles. The SMILES string of the molecule is CCCCCCC(C(=O)O)C(C)(O)C(=O)O. The summed E-state index contributed by atoms with van der Waals surface area (Å²) < 4.78 is 0. The Morgan fingerprint density at radius 3 is 2.12 bits per heavy atom. The first-order valence-electron chi connectivity index (χ1n) is 5.52. The highest BCUT2D eigenvalue weighted by Gasteiger charge is 2.43. The van der Waals surface area contributed by atoms with E-state index in [1.54, 1.807) is 0 Å². The highest BCUT2D eigenvalue weighted by molar-refractivity contribution is 5.85. The van der Waals surface area contributed by atoms with Crippen LogP contribution in [0.5, 0.6) is 0 Å². The van der Waals surface area contributed by atoms with Gasteiger partial charge < -0.3 is 15.3 Å². The Morgan fingerprint density at radius 2 is 1.75 bits per heavy atom. The number of aliphatic hydroxyl groups is 1. The van der Waals surface area contributed by atoms with E-state index >= 15 is 0 Å². The fraction of sp³-hybridized carbons (Fsp3) is 0.818. The quantitative estimate of drug-likeness (QED) is 0.551. The third kappa shape index (κ3) is 4.18. The van der Waals surface area contributed by atoms with Crippen LogP contribution in [0.4, 0.5) is 0 Å². The van der Waals surface area contributed by atoms with Gasteiger partial charge in [0.05, 0.1) is 5.92 Å². The van der Waals surface area contributed by atoms with Crippen molar-refractivity contribution in [2.75, 3.05) is 0 Å². The molecule has 2 atom stereocenters. The van der Waals surface area contributed by atoms with Crippen LogP contribution in [-0.2, 0) is 9.59 Å². The molecule has 0 aliphatic rings. The van der Waals surface area contributed by atoms with Gasteiger partial charge in [-0.25, -0.2) is 4.79 Å². The average molecular weight is 232 g/mol. The summed E-state index contributed by atoms with van der Waals surface area (Å²) in [4.78, 5) is 21.6. The summed E-state index contributed by atoms with van der Waals surface area (Å²) in [6.07, 6.45) is 3.67. The van der Waals surface area contributed by atoms with Crippen molar-refractivity contribution in [3.8, 4) is 0 Å². The van der Waals surface area contributed by atoms with Crippen molar-refractivity contribution in [1.29, 1.82) is 0 Å². The molecule has 0 rings (SSSR count). The van der Waals surface area contributed by atoms with Gasteiger partial charge in [0.15, 0.2) is 5.60 Å². The largest absolute Gasteiger partial charge is 0.481 e. The molecule has 0 bridgehead atoms. The van der Waals surface area contributed by atoms with Gasteiger partial charge in [0.25, 0.3) is 0 Å². The topological polar surface area (TPSA) is 94.8 Å². The highest BCUT2D eigenvalue weighted by atomic mass is 16.4. The van der Waals surface area contributed by atoms with Crippen molar-refractivity contribution >= 4 is 11.9 Å².